The van der Waals surface area contributed by atoms with Gasteiger partial charge in [0.15, 0.2) is 0 Å². The second-order valence-corrected chi connectivity index (χ2v) is 14.3. The molecule has 44 heavy (non-hydrogen) atoms. The molecule has 2 aliphatic heterocycles. The summed E-state index contributed by atoms with van der Waals surface area (Å²) in [6.45, 7) is 5.79. The van der Waals surface area contributed by atoms with E-state index in [2.05, 4.69) is 57.0 Å². The zero-order valence-corrected chi connectivity index (χ0v) is 27.3. The van der Waals surface area contributed by atoms with Crippen molar-refractivity contribution in [2.75, 3.05) is 39.8 Å². The molecule has 3 heterocycles. The quantitative estimate of drug-likeness (QED) is 0.173. The summed E-state index contributed by atoms with van der Waals surface area (Å²) < 4.78 is 11.3. The van der Waals surface area contributed by atoms with E-state index in [1.54, 1.807) is 18.4 Å². The van der Waals surface area contributed by atoms with Crippen molar-refractivity contribution in [3.8, 4) is 5.75 Å². The molecule has 3 fully saturated rings. The maximum Gasteiger partial charge on any atom is 0.323 e. The highest BCUT2D eigenvalue weighted by molar-refractivity contribution is 7.08. The molecule has 0 bridgehead atoms. The number of carbonyl (C=O) groups excluding carboxylic acids is 1. The summed E-state index contributed by atoms with van der Waals surface area (Å²) in [4.78, 5) is 18.9. The van der Waals surface area contributed by atoms with Gasteiger partial charge >= 0.3 is 5.97 Å². The second-order valence-electron chi connectivity index (χ2n) is 13.5. The van der Waals surface area contributed by atoms with E-state index in [-0.39, 0.29) is 12.0 Å². The number of piperidine rings is 1. The Labute approximate surface area is 268 Å². The topological polar surface area (TPSA) is 42.0 Å². The van der Waals surface area contributed by atoms with Crippen LogP contribution in [-0.4, -0.2) is 61.6 Å². The minimum absolute atomic E-state index is 0.0475. The predicted molar refractivity (Wildman–Crippen MR) is 179 cm³/mol. The van der Waals surface area contributed by atoms with Crippen molar-refractivity contribution in [3.63, 3.8) is 0 Å². The van der Waals surface area contributed by atoms with Gasteiger partial charge in [0.25, 0.3) is 0 Å². The first-order chi connectivity index (χ1) is 21.6. The van der Waals surface area contributed by atoms with Gasteiger partial charge in [-0.15, -0.1) is 0 Å². The number of likely N-dealkylation sites (tertiary alicyclic amines) is 2. The SMILES string of the molecule is COc1ccc(COC(=O)[C@@H](CC2CCC2)N2C[C@H](CN3CCC(CCCc4ccccc4)CC3)[C@@H](c3ccsc3)C2)cc1. The highest BCUT2D eigenvalue weighted by atomic mass is 32.1. The lowest BCUT2D eigenvalue weighted by atomic mass is 9.80. The van der Waals surface area contributed by atoms with Crippen LogP contribution in [0.5, 0.6) is 5.75 Å². The Morgan fingerprint density at radius 1 is 0.932 bits per heavy atom. The van der Waals surface area contributed by atoms with Crippen LogP contribution >= 0.6 is 11.3 Å². The maximum absolute atomic E-state index is 13.7. The van der Waals surface area contributed by atoms with Gasteiger partial charge in [-0.05, 0) is 109 Å². The van der Waals surface area contributed by atoms with Crippen molar-refractivity contribution in [2.24, 2.45) is 17.8 Å². The number of benzene rings is 2. The van der Waals surface area contributed by atoms with Gasteiger partial charge in [0, 0.05) is 25.6 Å². The first kappa shape index (κ1) is 31.3. The molecule has 6 rings (SSSR count). The normalized spacial score (nSPS) is 22.5. The average Bonchev–Trinajstić information content (AvgIpc) is 3.72. The number of aryl methyl sites for hydroxylation is 1. The van der Waals surface area contributed by atoms with Gasteiger partial charge in [0.1, 0.15) is 18.4 Å². The van der Waals surface area contributed by atoms with Gasteiger partial charge in [-0.3, -0.25) is 9.69 Å². The summed E-state index contributed by atoms with van der Waals surface area (Å²) in [6, 6.07) is 20.9. The smallest absolute Gasteiger partial charge is 0.323 e. The largest absolute Gasteiger partial charge is 0.497 e. The molecule has 0 amide bonds. The van der Waals surface area contributed by atoms with Crippen molar-refractivity contribution < 1.29 is 14.3 Å². The molecule has 0 radical (unpaired) electrons. The first-order valence-corrected chi connectivity index (χ1v) is 17.9. The summed E-state index contributed by atoms with van der Waals surface area (Å²) in [7, 11) is 1.67. The minimum atomic E-state index is -0.153. The Kier molecular flexibility index (Phi) is 11.1. The van der Waals surface area contributed by atoms with E-state index in [1.165, 1.54) is 75.6 Å². The summed E-state index contributed by atoms with van der Waals surface area (Å²) >= 11 is 1.80. The van der Waals surface area contributed by atoms with Gasteiger partial charge in [0.05, 0.1) is 7.11 Å². The number of hydrogen-bond donors (Lipinski definition) is 0. The molecule has 0 unspecified atom stereocenters. The van der Waals surface area contributed by atoms with Crippen LogP contribution in [-0.2, 0) is 22.6 Å². The van der Waals surface area contributed by atoms with Crippen LogP contribution in [0.2, 0.25) is 0 Å². The molecule has 1 aliphatic carbocycles. The Balaban J connectivity index is 1.05. The van der Waals surface area contributed by atoms with Crippen molar-refractivity contribution in [1.29, 1.82) is 0 Å². The van der Waals surface area contributed by atoms with Crippen molar-refractivity contribution in [1.82, 2.24) is 9.80 Å². The fraction of sp³-hybridized carbons (Fsp3) is 0.553. The summed E-state index contributed by atoms with van der Waals surface area (Å²) in [5.74, 6) is 3.29. The van der Waals surface area contributed by atoms with Crippen LogP contribution in [0, 0.1) is 17.8 Å². The van der Waals surface area contributed by atoms with E-state index >= 15 is 0 Å². The molecule has 3 aromatic rings. The maximum atomic E-state index is 13.7. The van der Waals surface area contributed by atoms with E-state index in [9.17, 15) is 4.79 Å². The molecule has 236 valence electrons. The number of rotatable bonds is 14. The monoisotopic (exact) mass is 614 g/mol. The molecule has 0 spiro atoms. The Morgan fingerprint density at radius 2 is 1.73 bits per heavy atom. The van der Waals surface area contributed by atoms with Gasteiger partial charge in [0.2, 0.25) is 0 Å². The molecule has 1 saturated carbocycles. The third-order valence-corrected chi connectivity index (χ3v) is 11.3. The van der Waals surface area contributed by atoms with Gasteiger partial charge in [-0.1, -0.05) is 68.1 Å². The third-order valence-electron chi connectivity index (χ3n) is 10.6. The van der Waals surface area contributed by atoms with Gasteiger partial charge in [-0.25, -0.2) is 0 Å². The van der Waals surface area contributed by atoms with Gasteiger partial charge in [-0.2, -0.15) is 11.3 Å². The molecule has 3 aliphatic rings. The second kappa shape index (κ2) is 15.6. The molecule has 6 heteroatoms. The molecular weight excluding hydrogens is 564 g/mol. The number of hydrogen-bond acceptors (Lipinski definition) is 6. The number of esters is 1. The van der Waals surface area contributed by atoms with Crippen LogP contribution in [0.25, 0.3) is 0 Å². The highest BCUT2D eigenvalue weighted by Gasteiger charge is 2.42. The van der Waals surface area contributed by atoms with Crippen LogP contribution in [0.4, 0.5) is 0 Å². The van der Waals surface area contributed by atoms with Crippen molar-refractivity contribution in [2.45, 2.75) is 76.4 Å². The lowest BCUT2D eigenvalue weighted by Gasteiger charge is -2.35. The zero-order valence-electron chi connectivity index (χ0n) is 26.4. The molecule has 1 aromatic heterocycles. The molecule has 3 atom stereocenters. The van der Waals surface area contributed by atoms with Crippen molar-refractivity contribution >= 4 is 17.3 Å². The fourth-order valence-corrected chi connectivity index (χ4v) is 8.37. The van der Waals surface area contributed by atoms with E-state index in [0.717, 1.165) is 43.3 Å². The van der Waals surface area contributed by atoms with E-state index in [0.29, 0.717) is 24.4 Å². The predicted octanol–water partition coefficient (Wildman–Crippen LogP) is 7.81. The number of thiophene rings is 1. The van der Waals surface area contributed by atoms with Crippen LogP contribution in [0.1, 0.15) is 74.0 Å². The Bertz CT molecular complexity index is 1270. The Morgan fingerprint density at radius 3 is 2.41 bits per heavy atom. The van der Waals surface area contributed by atoms with Crippen LogP contribution in [0.15, 0.2) is 71.4 Å². The third kappa shape index (κ3) is 8.32. The fourth-order valence-electron chi connectivity index (χ4n) is 7.65. The molecular formula is C38H50N2O3S. The summed E-state index contributed by atoms with van der Waals surface area (Å²) in [6.07, 6.45) is 11.2. The molecule has 5 nitrogen and oxygen atoms in total. The number of methoxy groups -OCH3 is 1. The van der Waals surface area contributed by atoms with Crippen molar-refractivity contribution in [3.05, 3.63) is 88.1 Å². The highest BCUT2D eigenvalue weighted by Crippen LogP contribution is 2.39. The van der Waals surface area contributed by atoms with E-state index in [1.807, 2.05) is 24.3 Å². The lowest BCUT2D eigenvalue weighted by molar-refractivity contribution is -0.152. The number of nitrogens with zero attached hydrogens (tertiary/aromatic N) is 2. The van der Waals surface area contributed by atoms with E-state index < -0.39 is 0 Å². The first-order valence-electron chi connectivity index (χ1n) is 17.0. The van der Waals surface area contributed by atoms with Gasteiger partial charge < -0.3 is 14.4 Å². The molecule has 2 aromatic carbocycles. The lowest BCUT2D eigenvalue weighted by Crippen LogP contribution is -2.44. The average molecular weight is 615 g/mol. The number of ether oxygens (including phenoxy) is 2. The van der Waals surface area contributed by atoms with Crippen LogP contribution in [0.3, 0.4) is 0 Å². The zero-order chi connectivity index (χ0) is 30.1. The Hall–Kier alpha value is -2.67. The molecule has 2 saturated heterocycles. The van der Waals surface area contributed by atoms with Crippen LogP contribution < -0.4 is 4.74 Å². The summed E-state index contributed by atoms with van der Waals surface area (Å²) in [5.41, 5.74) is 3.92. The van der Waals surface area contributed by atoms with E-state index in [4.69, 9.17) is 9.47 Å². The molecule has 0 N–H and O–H groups in total. The minimum Gasteiger partial charge on any atom is -0.497 e. The number of carbonyl (C=O) groups is 1. The standard InChI is InChI=1S/C38H50N2O3S/c1-42-35-15-13-32(14-16-35)27-43-38(41)37(23-31-11-6-12-31)40-25-34(36(26-40)33-19-22-44-28-33)24-39-20-17-30(18-21-39)10-5-9-29-7-3-2-4-8-29/h2-4,7-8,13-16,19,22,28,30-31,34,36-37H,5-6,9-12,17-18,20-21,23-27H2,1H3/t34-,36+,37+/m0/s1. The summed E-state index contributed by atoms with van der Waals surface area (Å²) in [5, 5.41) is 4.55.